The largest absolute Gasteiger partial charge is 0.303 e. The highest BCUT2D eigenvalue weighted by molar-refractivity contribution is 5.85. The molecule has 2 heteroatoms. The third-order valence-corrected chi connectivity index (χ3v) is 1.96. The van der Waals surface area contributed by atoms with Crippen molar-refractivity contribution in [1.29, 1.82) is 0 Å². The van der Waals surface area contributed by atoms with Crippen LogP contribution in [-0.4, -0.2) is 24.5 Å². The molecule has 0 heterocycles. The van der Waals surface area contributed by atoms with E-state index in [2.05, 4.69) is 25.3 Å². The summed E-state index contributed by atoms with van der Waals surface area (Å²) >= 11 is 0. The first-order valence-electron chi connectivity index (χ1n) is 5.18. The molecule has 0 bridgehead atoms. The molecule has 0 aromatic rings. The Morgan fingerprint density at radius 2 is 1.62 bits per heavy atom. The molecule has 0 aromatic heterocycles. The van der Waals surface area contributed by atoms with Crippen LogP contribution < -0.4 is 0 Å². The van der Waals surface area contributed by atoms with Gasteiger partial charge in [0.1, 0.15) is 0 Å². The van der Waals surface area contributed by atoms with E-state index in [1.807, 2.05) is 6.08 Å². The number of halogens is 1. The minimum atomic E-state index is 0. The van der Waals surface area contributed by atoms with Crippen LogP contribution >= 0.6 is 12.4 Å². The maximum Gasteiger partial charge on any atom is -0.00158 e. The van der Waals surface area contributed by atoms with E-state index in [4.69, 9.17) is 0 Å². The molecular weight excluding hydrogens is 182 g/mol. The number of unbranched alkanes of at least 4 members (excludes halogenated alkanes) is 1. The Hall–Kier alpha value is -0.0100. The van der Waals surface area contributed by atoms with E-state index in [1.165, 1.54) is 38.9 Å². The Kier molecular flexibility index (Phi) is 14.3. The topological polar surface area (TPSA) is 3.24 Å². The van der Waals surface area contributed by atoms with Crippen LogP contribution in [0.4, 0.5) is 0 Å². The van der Waals surface area contributed by atoms with E-state index < -0.39 is 0 Å². The van der Waals surface area contributed by atoms with Crippen molar-refractivity contribution in [2.75, 3.05) is 19.6 Å². The summed E-state index contributed by atoms with van der Waals surface area (Å²) in [4.78, 5) is 2.55. The van der Waals surface area contributed by atoms with Gasteiger partial charge in [-0.15, -0.1) is 19.0 Å². The average molecular weight is 206 g/mol. The van der Waals surface area contributed by atoms with Crippen molar-refractivity contribution in [1.82, 2.24) is 4.90 Å². The molecule has 0 radical (unpaired) electrons. The zero-order valence-corrected chi connectivity index (χ0v) is 9.91. The molecule has 0 rings (SSSR count). The zero-order chi connectivity index (χ0) is 9.23. The second kappa shape index (κ2) is 12.0. The van der Waals surface area contributed by atoms with E-state index in [0.717, 1.165) is 6.42 Å². The molecule has 0 aliphatic heterocycles. The van der Waals surface area contributed by atoms with Crippen molar-refractivity contribution >= 4 is 12.4 Å². The van der Waals surface area contributed by atoms with Gasteiger partial charge in [-0.25, -0.2) is 0 Å². The fourth-order valence-electron chi connectivity index (χ4n) is 1.43. The second-order valence-corrected chi connectivity index (χ2v) is 3.27. The molecular formula is C11H24ClN. The van der Waals surface area contributed by atoms with Crippen LogP contribution in [0.3, 0.4) is 0 Å². The second-order valence-electron chi connectivity index (χ2n) is 3.27. The van der Waals surface area contributed by atoms with Crippen LogP contribution in [0.2, 0.25) is 0 Å². The molecule has 0 N–H and O–H groups in total. The quantitative estimate of drug-likeness (QED) is 0.433. The SMILES string of the molecule is C=CCCCN(CCC)CCC.Cl. The van der Waals surface area contributed by atoms with Gasteiger partial charge in [-0.3, -0.25) is 0 Å². The summed E-state index contributed by atoms with van der Waals surface area (Å²) in [6.45, 7) is 12.0. The minimum Gasteiger partial charge on any atom is -0.303 e. The Bertz CT molecular complexity index is 98.3. The third-order valence-electron chi connectivity index (χ3n) is 1.96. The van der Waals surface area contributed by atoms with Crippen LogP contribution in [0.15, 0.2) is 12.7 Å². The van der Waals surface area contributed by atoms with Gasteiger partial charge in [0.05, 0.1) is 0 Å². The smallest absolute Gasteiger partial charge is 0.00158 e. The van der Waals surface area contributed by atoms with Gasteiger partial charge < -0.3 is 4.90 Å². The molecule has 0 atom stereocenters. The maximum atomic E-state index is 3.73. The molecule has 13 heavy (non-hydrogen) atoms. The van der Waals surface area contributed by atoms with Crippen LogP contribution in [0, 0.1) is 0 Å². The molecule has 0 saturated carbocycles. The molecule has 0 amide bonds. The first kappa shape index (κ1) is 15.5. The van der Waals surface area contributed by atoms with E-state index in [1.54, 1.807) is 0 Å². The number of hydrogen-bond donors (Lipinski definition) is 0. The van der Waals surface area contributed by atoms with Crippen molar-refractivity contribution in [3.63, 3.8) is 0 Å². The highest BCUT2D eigenvalue weighted by Crippen LogP contribution is 1.98. The first-order chi connectivity index (χ1) is 5.85. The standard InChI is InChI=1S/C11H23N.ClH/c1-4-7-8-11-12(9-5-2)10-6-3;/h4H,1,5-11H2,2-3H3;1H. The van der Waals surface area contributed by atoms with Gasteiger partial charge >= 0.3 is 0 Å². The van der Waals surface area contributed by atoms with E-state index in [-0.39, 0.29) is 12.4 Å². The lowest BCUT2D eigenvalue weighted by Gasteiger charge is -2.20. The third kappa shape index (κ3) is 9.91. The Morgan fingerprint density at radius 1 is 1.08 bits per heavy atom. The summed E-state index contributed by atoms with van der Waals surface area (Å²) < 4.78 is 0. The predicted octanol–water partition coefficient (Wildman–Crippen LogP) is 3.50. The molecule has 0 aromatic carbocycles. The van der Waals surface area contributed by atoms with Crippen molar-refractivity contribution < 1.29 is 0 Å². The summed E-state index contributed by atoms with van der Waals surface area (Å²) in [6.07, 6.45) is 6.98. The van der Waals surface area contributed by atoms with Crippen LogP contribution in [0.1, 0.15) is 39.5 Å². The lowest BCUT2D eigenvalue weighted by Crippen LogP contribution is -2.26. The molecule has 80 valence electrons. The van der Waals surface area contributed by atoms with Crippen molar-refractivity contribution in [2.24, 2.45) is 0 Å². The highest BCUT2D eigenvalue weighted by Gasteiger charge is 1.99. The van der Waals surface area contributed by atoms with E-state index in [0.29, 0.717) is 0 Å². The Balaban J connectivity index is 0. The number of hydrogen-bond acceptors (Lipinski definition) is 1. The van der Waals surface area contributed by atoms with Gasteiger partial charge in [0.2, 0.25) is 0 Å². The van der Waals surface area contributed by atoms with Gasteiger partial charge in [0.15, 0.2) is 0 Å². The van der Waals surface area contributed by atoms with E-state index in [9.17, 15) is 0 Å². The van der Waals surface area contributed by atoms with Gasteiger partial charge in [-0.05, 0) is 45.3 Å². The van der Waals surface area contributed by atoms with Gasteiger partial charge in [-0.2, -0.15) is 0 Å². The molecule has 0 aliphatic carbocycles. The zero-order valence-electron chi connectivity index (χ0n) is 9.09. The van der Waals surface area contributed by atoms with Gasteiger partial charge in [0, 0.05) is 0 Å². The normalized spacial score (nSPS) is 9.77. The summed E-state index contributed by atoms with van der Waals surface area (Å²) in [5, 5.41) is 0. The average Bonchev–Trinajstić information content (AvgIpc) is 2.06. The molecule has 0 unspecified atom stereocenters. The maximum absolute atomic E-state index is 3.73. The molecule has 0 spiro atoms. The molecule has 0 saturated heterocycles. The fourth-order valence-corrected chi connectivity index (χ4v) is 1.43. The summed E-state index contributed by atoms with van der Waals surface area (Å²) in [7, 11) is 0. The number of rotatable bonds is 8. The molecule has 0 aliphatic rings. The monoisotopic (exact) mass is 205 g/mol. The summed E-state index contributed by atoms with van der Waals surface area (Å²) in [6, 6.07) is 0. The van der Waals surface area contributed by atoms with Crippen molar-refractivity contribution in [2.45, 2.75) is 39.5 Å². The predicted molar refractivity (Wildman–Crippen MR) is 63.7 cm³/mol. The number of nitrogens with zero attached hydrogens (tertiary/aromatic N) is 1. The lowest BCUT2D eigenvalue weighted by atomic mass is 10.2. The summed E-state index contributed by atoms with van der Waals surface area (Å²) in [5.74, 6) is 0. The lowest BCUT2D eigenvalue weighted by molar-refractivity contribution is 0.272. The van der Waals surface area contributed by atoms with Crippen LogP contribution in [0.25, 0.3) is 0 Å². The van der Waals surface area contributed by atoms with Crippen molar-refractivity contribution in [3.8, 4) is 0 Å². The van der Waals surface area contributed by atoms with Crippen molar-refractivity contribution in [3.05, 3.63) is 12.7 Å². The van der Waals surface area contributed by atoms with E-state index >= 15 is 0 Å². The number of allylic oxidation sites excluding steroid dienone is 1. The Labute approximate surface area is 89.6 Å². The fraction of sp³-hybridized carbons (Fsp3) is 0.818. The highest BCUT2D eigenvalue weighted by atomic mass is 35.5. The van der Waals surface area contributed by atoms with Crippen LogP contribution in [0.5, 0.6) is 0 Å². The van der Waals surface area contributed by atoms with Gasteiger partial charge in [-0.1, -0.05) is 19.9 Å². The van der Waals surface area contributed by atoms with Gasteiger partial charge in [0.25, 0.3) is 0 Å². The molecule has 1 nitrogen and oxygen atoms in total. The minimum absolute atomic E-state index is 0. The molecule has 0 fully saturated rings. The van der Waals surface area contributed by atoms with Crippen LogP contribution in [-0.2, 0) is 0 Å². The Morgan fingerprint density at radius 3 is 2.00 bits per heavy atom. The first-order valence-corrected chi connectivity index (χ1v) is 5.18. The summed E-state index contributed by atoms with van der Waals surface area (Å²) in [5.41, 5.74) is 0.